The molecule has 7 heteroatoms. The van der Waals surface area contributed by atoms with Gasteiger partial charge in [0.2, 0.25) is 5.71 Å². The lowest BCUT2D eigenvalue weighted by atomic mass is 10.00. The second kappa shape index (κ2) is 14.7. The van der Waals surface area contributed by atoms with E-state index in [0.29, 0.717) is 23.2 Å². The van der Waals surface area contributed by atoms with Crippen LogP contribution in [0.3, 0.4) is 0 Å². The summed E-state index contributed by atoms with van der Waals surface area (Å²) < 4.78 is 14.8. The lowest BCUT2D eigenvalue weighted by Crippen LogP contribution is -2.01. The molecule has 0 radical (unpaired) electrons. The number of hydrogen-bond donors (Lipinski definition) is 0. The number of hydrogen-bond acceptors (Lipinski definition) is 6. The fraction of sp³-hybridized carbons (Fsp3) is 0. The number of pyridine rings is 1. The summed E-state index contributed by atoms with van der Waals surface area (Å²) in [5, 5.41) is 8.87. The van der Waals surface area contributed by atoms with Gasteiger partial charge < -0.3 is 13.4 Å². The van der Waals surface area contributed by atoms with E-state index in [0.717, 1.165) is 94.0 Å². The third-order valence-electron chi connectivity index (χ3n) is 13.1. The van der Waals surface area contributed by atoms with E-state index < -0.39 is 0 Å². The van der Waals surface area contributed by atoms with Gasteiger partial charge in [-0.15, -0.1) is 0 Å². The first-order valence-corrected chi connectivity index (χ1v) is 22.3. The second-order valence-corrected chi connectivity index (χ2v) is 17.0. The molecule has 0 saturated carbocycles. The molecule has 67 heavy (non-hydrogen) atoms. The quantitative estimate of drug-likeness (QED) is 0.166. The summed E-state index contributed by atoms with van der Waals surface area (Å²) in [5.74, 6) is 1.70. The Morgan fingerprint density at radius 1 is 0.343 bits per heavy atom. The molecule has 0 atom stereocenters. The van der Waals surface area contributed by atoms with Crippen molar-refractivity contribution in [3.8, 4) is 62.1 Å². The van der Waals surface area contributed by atoms with Crippen LogP contribution in [0.2, 0.25) is 0 Å². The van der Waals surface area contributed by atoms with Crippen molar-refractivity contribution in [2.45, 2.75) is 0 Å². The van der Waals surface area contributed by atoms with E-state index in [1.165, 1.54) is 21.5 Å². The van der Waals surface area contributed by atoms with Crippen LogP contribution >= 0.6 is 0 Å². The molecule has 5 aromatic heterocycles. The summed E-state index contributed by atoms with van der Waals surface area (Å²) in [7, 11) is 0. The highest BCUT2D eigenvalue weighted by Crippen LogP contribution is 2.39. The van der Waals surface area contributed by atoms with Crippen LogP contribution in [0.15, 0.2) is 221 Å². The van der Waals surface area contributed by atoms with Gasteiger partial charge in [0.25, 0.3) is 0 Å². The molecule has 0 aliphatic heterocycles. The van der Waals surface area contributed by atoms with Gasteiger partial charge in [-0.2, -0.15) is 0 Å². The fourth-order valence-corrected chi connectivity index (χ4v) is 9.88. The van der Waals surface area contributed by atoms with Crippen LogP contribution < -0.4 is 0 Å². The zero-order valence-electron chi connectivity index (χ0n) is 35.8. The van der Waals surface area contributed by atoms with Crippen molar-refractivity contribution in [1.29, 1.82) is 0 Å². The molecule has 0 aliphatic rings. The maximum absolute atomic E-state index is 6.27. The maximum atomic E-state index is 6.27. The molecule has 312 valence electrons. The molecule has 0 spiro atoms. The molecule has 0 N–H and O–H groups in total. The predicted octanol–water partition coefficient (Wildman–Crippen LogP) is 15.7. The number of aromatic nitrogens is 5. The Bertz CT molecular complexity index is 4280. The van der Waals surface area contributed by atoms with Gasteiger partial charge in [-0.3, -0.25) is 0 Å². The van der Waals surface area contributed by atoms with Crippen LogP contribution in [0, 0.1) is 0 Å². The van der Waals surface area contributed by atoms with Crippen molar-refractivity contribution in [3.05, 3.63) is 212 Å². The Labute approximate surface area is 382 Å². The summed E-state index contributed by atoms with van der Waals surface area (Å²) in [6.45, 7) is 0. The molecule has 9 aromatic carbocycles. The lowest BCUT2D eigenvalue weighted by Gasteiger charge is -2.12. The van der Waals surface area contributed by atoms with Gasteiger partial charge >= 0.3 is 0 Å². The largest absolute Gasteiger partial charge is 0.456 e. The molecule has 0 unspecified atom stereocenters. The second-order valence-electron chi connectivity index (χ2n) is 17.0. The van der Waals surface area contributed by atoms with Crippen molar-refractivity contribution < 1.29 is 8.83 Å². The first-order valence-electron chi connectivity index (χ1n) is 22.3. The van der Waals surface area contributed by atoms with E-state index in [9.17, 15) is 0 Å². The lowest BCUT2D eigenvalue weighted by molar-refractivity contribution is 0.654. The van der Waals surface area contributed by atoms with E-state index in [2.05, 4.69) is 173 Å². The normalized spacial score (nSPS) is 11.9. The van der Waals surface area contributed by atoms with E-state index >= 15 is 0 Å². The molecule has 0 bridgehead atoms. The van der Waals surface area contributed by atoms with Crippen LogP contribution in [-0.2, 0) is 0 Å². The zero-order valence-corrected chi connectivity index (χ0v) is 35.8. The topological polar surface area (TPSA) is 82.8 Å². The molecule has 0 aliphatic carbocycles. The van der Waals surface area contributed by atoms with Crippen molar-refractivity contribution >= 4 is 76.6 Å². The Kier molecular flexibility index (Phi) is 8.15. The summed E-state index contributed by atoms with van der Waals surface area (Å²) in [6, 6.07) is 72.0. The van der Waals surface area contributed by atoms with Gasteiger partial charge in [-0.25, -0.2) is 19.9 Å². The first-order chi connectivity index (χ1) is 33.2. The number of rotatable bonds is 6. The van der Waals surface area contributed by atoms with E-state index in [1.54, 1.807) is 6.20 Å². The molecule has 5 heterocycles. The molecule has 14 aromatic rings. The van der Waals surface area contributed by atoms with Crippen LogP contribution in [0.4, 0.5) is 0 Å². The molecule has 0 fully saturated rings. The molecule has 0 amide bonds. The smallest absolute Gasteiger partial charge is 0.227 e. The highest BCUT2D eigenvalue weighted by atomic mass is 16.3. The van der Waals surface area contributed by atoms with Crippen LogP contribution in [0.5, 0.6) is 0 Å². The Morgan fingerprint density at radius 2 is 0.955 bits per heavy atom. The standard InChI is InChI=1S/C60H35N5O2/c1-2-10-40-33-41(23-20-36(40)9-1)37-18-21-38(22-19-37)57-62-58(64-59(63-57)48-13-7-17-54-56(48)49-14-8-32-61-60(49)67-54)39-24-28-44(29-25-39)65-51-15-5-3-11-45(51)50-34-42(27-31-52(50)65)43-26-30-47-46-12-4-6-16-53(46)66-55(47)35-43/h1-35H. The van der Waals surface area contributed by atoms with Gasteiger partial charge in [-0.05, 0) is 118 Å². The van der Waals surface area contributed by atoms with Gasteiger partial charge in [-0.1, -0.05) is 121 Å². The van der Waals surface area contributed by atoms with Crippen molar-refractivity contribution in [3.63, 3.8) is 0 Å². The zero-order chi connectivity index (χ0) is 44.0. The number of furan rings is 2. The minimum Gasteiger partial charge on any atom is -0.456 e. The number of para-hydroxylation sites is 2. The van der Waals surface area contributed by atoms with Crippen LogP contribution in [0.25, 0.3) is 139 Å². The first kappa shape index (κ1) is 37.2. The third-order valence-corrected chi connectivity index (χ3v) is 13.1. The fourth-order valence-electron chi connectivity index (χ4n) is 9.88. The average molecular weight is 858 g/mol. The van der Waals surface area contributed by atoms with Crippen LogP contribution in [-0.4, -0.2) is 24.5 Å². The summed E-state index contributed by atoms with van der Waals surface area (Å²) >= 11 is 0. The predicted molar refractivity (Wildman–Crippen MR) is 271 cm³/mol. The summed E-state index contributed by atoms with van der Waals surface area (Å²) in [5.41, 5.74) is 13.5. The van der Waals surface area contributed by atoms with Crippen molar-refractivity contribution in [2.24, 2.45) is 0 Å². The maximum Gasteiger partial charge on any atom is 0.227 e. The Balaban J connectivity index is 0.872. The molecular weight excluding hydrogens is 823 g/mol. The molecular formula is C60H35N5O2. The third kappa shape index (κ3) is 6.06. The summed E-state index contributed by atoms with van der Waals surface area (Å²) in [4.78, 5) is 20.0. The molecule has 0 saturated heterocycles. The van der Waals surface area contributed by atoms with E-state index in [-0.39, 0.29) is 0 Å². The van der Waals surface area contributed by atoms with Gasteiger partial charge in [0.05, 0.1) is 11.0 Å². The SMILES string of the molecule is c1ccc2cc(-c3ccc(-c4nc(-c5ccc(-n6c7ccccc7c7cc(-c8ccc9c(c8)oc8ccccc89)ccc76)cc5)nc(-c5cccc6oc7ncccc7c56)n4)cc3)ccc2c1. The number of nitrogens with zero attached hydrogens (tertiary/aromatic N) is 5. The highest BCUT2D eigenvalue weighted by molar-refractivity contribution is 6.12. The molecule has 7 nitrogen and oxygen atoms in total. The minimum absolute atomic E-state index is 0.553. The highest BCUT2D eigenvalue weighted by Gasteiger charge is 2.20. The van der Waals surface area contributed by atoms with Crippen molar-refractivity contribution in [1.82, 2.24) is 24.5 Å². The minimum atomic E-state index is 0.553. The van der Waals surface area contributed by atoms with Gasteiger partial charge in [0, 0.05) is 60.9 Å². The van der Waals surface area contributed by atoms with Crippen molar-refractivity contribution in [2.75, 3.05) is 0 Å². The van der Waals surface area contributed by atoms with Crippen LogP contribution in [0.1, 0.15) is 0 Å². The number of benzene rings is 9. The Morgan fingerprint density at radius 3 is 1.82 bits per heavy atom. The monoisotopic (exact) mass is 857 g/mol. The number of fused-ring (bicyclic) bond motifs is 10. The van der Waals surface area contributed by atoms with E-state index in [4.69, 9.17) is 23.8 Å². The molecule has 14 rings (SSSR count). The van der Waals surface area contributed by atoms with Gasteiger partial charge in [0.15, 0.2) is 17.5 Å². The van der Waals surface area contributed by atoms with Gasteiger partial charge in [0.1, 0.15) is 16.7 Å². The average Bonchev–Trinajstić information content (AvgIpc) is 4.08. The summed E-state index contributed by atoms with van der Waals surface area (Å²) in [6.07, 6.45) is 1.75. The Hall–Kier alpha value is -9.20. The van der Waals surface area contributed by atoms with E-state index in [1.807, 2.05) is 42.5 Å².